The number of amides is 2. The number of H-pyrrole nitrogens is 1. The van der Waals surface area contributed by atoms with E-state index in [1.165, 1.54) is 0 Å². The van der Waals surface area contributed by atoms with Crippen molar-refractivity contribution < 1.29 is 18.7 Å². The van der Waals surface area contributed by atoms with Crippen LogP contribution in [-0.2, 0) is 26.2 Å². The molecule has 1 aliphatic rings. The zero-order valence-electron chi connectivity index (χ0n) is 23.7. The first kappa shape index (κ1) is 30.0. The molecule has 0 bridgehead atoms. The predicted octanol–water partition coefficient (Wildman–Crippen LogP) is 5.47. The van der Waals surface area contributed by atoms with Crippen molar-refractivity contribution in [3.8, 4) is 0 Å². The maximum Gasteiger partial charge on any atom is 0.242 e. The van der Waals surface area contributed by atoms with Gasteiger partial charge in [-0.15, -0.1) is 0 Å². The highest BCUT2D eigenvalue weighted by atomic mass is 35.5. The number of ether oxygens (including phenoxy) is 1. The molecular weight excluding hydrogens is 531 g/mol. The Morgan fingerprint density at radius 1 is 1.23 bits per heavy atom. The minimum atomic E-state index is -1.06. The number of hydrogen-bond donors (Lipinski definition) is 3. The van der Waals surface area contributed by atoms with E-state index in [4.69, 9.17) is 21.3 Å². The number of fused-ring (bicyclic) bond motifs is 1. The molecule has 3 atom stereocenters. The molecule has 7 nitrogen and oxygen atoms in total. The van der Waals surface area contributed by atoms with Crippen molar-refractivity contribution >= 4 is 34.4 Å². The molecule has 1 unspecified atom stereocenters. The third-order valence-electron chi connectivity index (χ3n) is 8.21. The van der Waals surface area contributed by atoms with Crippen LogP contribution in [0.3, 0.4) is 0 Å². The SMILES string of the molecule is COCC(C)(C(=O)N[C@@H](C(=O)NCCF)C1CCC1)c1ccc2nc(C[C@H](c3ccccc3Cl)C(C)C)[nH]c2c1. The molecular formula is C31H40ClFN4O3. The smallest absolute Gasteiger partial charge is 0.242 e. The summed E-state index contributed by atoms with van der Waals surface area (Å²) in [6, 6.07) is 12.9. The zero-order chi connectivity index (χ0) is 28.9. The number of hydrogen-bond acceptors (Lipinski definition) is 4. The van der Waals surface area contributed by atoms with Crippen molar-refractivity contribution in [1.29, 1.82) is 0 Å². The molecule has 0 radical (unpaired) electrons. The monoisotopic (exact) mass is 570 g/mol. The molecule has 216 valence electrons. The van der Waals surface area contributed by atoms with E-state index in [1.807, 2.05) is 43.3 Å². The Bertz CT molecular complexity index is 1320. The number of imidazole rings is 1. The van der Waals surface area contributed by atoms with E-state index < -0.39 is 18.1 Å². The number of halogens is 2. The number of rotatable bonds is 13. The van der Waals surface area contributed by atoms with E-state index in [0.29, 0.717) is 12.3 Å². The lowest BCUT2D eigenvalue weighted by molar-refractivity contribution is -0.135. The fourth-order valence-corrected chi connectivity index (χ4v) is 5.79. The molecule has 1 saturated carbocycles. The summed E-state index contributed by atoms with van der Waals surface area (Å²) in [6.07, 6.45) is 3.40. The van der Waals surface area contributed by atoms with Gasteiger partial charge in [0.2, 0.25) is 11.8 Å². The normalized spacial score (nSPS) is 16.8. The third-order valence-corrected chi connectivity index (χ3v) is 8.55. The van der Waals surface area contributed by atoms with E-state index in [0.717, 1.165) is 52.3 Å². The summed E-state index contributed by atoms with van der Waals surface area (Å²) < 4.78 is 18.2. The van der Waals surface area contributed by atoms with E-state index in [9.17, 15) is 14.0 Å². The van der Waals surface area contributed by atoms with E-state index in [2.05, 4.69) is 35.5 Å². The molecule has 3 N–H and O–H groups in total. The molecule has 3 aromatic rings. The van der Waals surface area contributed by atoms with Crippen LogP contribution in [0.4, 0.5) is 4.39 Å². The van der Waals surface area contributed by atoms with Gasteiger partial charge in [-0.25, -0.2) is 9.37 Å². The Morgan fingerprint density at radius 3 is 2.60 bits per heavy atom. The lowest BCUT2D eigenvalue weighted by Gasteiger charge is -2.36. The molecule has 4 rings (SSSR count). The van der Waals surface area contributed by atoms with Crippen LogP contribution in [0.1, 0.15) is 62.9 Å². The Morgan fingerprint density at radius 2 is 1.98 bits per heavy atom. The van der Waals surface area contributed by atoms with Gasteiger partial charge in [-0.3, -0.25) is 9.59 Å². The van der Waals surface area contributed by atoms with Gasteiger partial charge in [0.1, 0.15) is 18.5 Å². The summed E-state index contributed by atoms with van der Waals surface area (Å²) in [5.74, 6) is 0.772. The molecule has 0 spiro atoms. The van der Waals surface area contributed by atoms with Crippen LogP contribution in [-0.4, -0.2) is 54.8 Å². The summed E-state index contributed by atoms with van der Waals surface area (Å²) in [6.45, 7) is 5.57. The molecule has 2 amide bonds. The van der Waals surface area contributed by atoms with Gasteiger partial charge >= 0.3 is 0 Å². The van der Waals surface area contributed by atoms with Gasteiger partial charge in [0, 0.05) is 25.1 Å². The molecule has 1 aliphatic carbocycles. The number of aromatic amines is 1. The number of aromatic nitrogens is 2. The fourth-order valence-electron chi connectivity index (χ4n) is 5.51. The molecule has 9 heteroatoms. The second kappa shape index (κ2) is 13.1. The van der Waals surface area contributed by atoms with Gasteiger partial charge in [-0.2, -0.15) is 0 Å². The fraction of sp³-hybridized carbons (Fsp3) is 0.516. The van der Waals surface area contributed by atoms with Gasteiger partial charge in [-0.1, -0.05) is 56.1 Å². The predicted molar refractivity (Wildman–Crippen MR) is 156 cm³/mol. The van der Waals surface area contributed by atoms with Crippen LogP contribution in [0.5, 0.6) is 0 Å². The first-order chi connectivity index (χ1) is 19.2. The molecule has 1 fully saturated rings. The number of nitrogens with one attached hydrogen (secondary N) is 3. The van der Waals surface area contributed by atoms with Crippen molar-refractivity contribution in [2.24, 2.45) is 11.8 Å². The number of methoxy groups -OCH3 is 1. The van der Waals surface area contributed by atoms with Crippen LogP contribution < -0.4 is 10.6 Å². The summed E-state index contributed by atoms with van der Waals surface area (Å²) in [5.41, 5.74) is 2.41. The minimum Gasteiger partial charge on any atom is -0.383 e. The number of nitrogens with zero attached hydrogens (tertiary/aromatic N) is 1. The number of carbonyl (C=O) groups excluding carboxylic acids is 2. The summed E-state index contributed by atoms with van der Waals surface area (Å²) in [7, 11) is 1.55. The molecule has 40 heavy (non-hydrogen) atoms. The topological polar surface area (TPSA) is 96.1 Å². The minimum absolute atomic E-state index is 0.0417. The quantitative estimate of drug-likeness (QED) is 0.254. The standard InChI is InChI=1S/C31H40ClFN4O3/c1-19(2)23(22-10-5-6-11-24(22)32)17-27-35-25-13-12-21(16-26(25)36-27)31(3,18-40-4)30(39)37-28(20-8-7-9-20)29(38)34-15-14-33/h5-6,10-13,16,19-20,23,28H,7-9,14-15,17-18H2,1-4H3,(H,34,38)(H,35,36)(H,37,39)/t23-,28+,31?/m0/s1. The highest BCUT2D eigenvalue weighted by Crippen LogP contribution is 2.34. The number of carbonyl (C=O) groups is 2. The third kappa shape index (κ3) is 6.50. The first-order valence-electron chi connectivity index (χ1n) is 14.0. The molecule has 2 aromatic carbocycles. The lowest BCUT2D eigenvalue weighted by Crippen LogP contribution is -2.57. The lowest BCUT2D eigenvalue weighted by atomic mass is 9.77. The van der Waals surface area contributed by atoms with Gasteiger partial charge in [0.25, 0.3) is 0 Å². The maximum absolute atomic E-state index is 13.8. The Labute approximate surface area is 240 Å². The van der Waals surface area contributed by atoms with Crippen molar-refractivity contribution in [3.05, 3.63) is 64.4 Å². The van der Waals surface area contributed by atoms with Gasteiger partial charge < -0.3 is 20.4 Å². The van der Waals surface area contributed by atoms with Crippen LogP contribution in [0, 0.1) is 11.8 Å². The average Bonchev–Trinajstić information content (AvgIpc) is 3.31. The largest absolute Gasteiger partial charge is 0.383 e. The van der Waals surface area contributed by atoms with E-state index in [-0.39, 0.29) is 36.8 Å². The van der Waals surface area contributed by atoms with Gasteiger partial charge in [0.05, 0.1) is 23.1 Å². The van der Waals surface area contributed by atoms with Crippen molar-refractivity contribution in [2.45, 2.75) is 63.8 Å². The number of alkyl halides is 1. The summed E-state index contributed by atoms with van der Waals surface area (Å²) in [4.78, 5) is 34.8. The molecule has 0 saturated heterocycles. The zero-order valence-corrected chi connectivity index (χ0v) is 24.5. The maximum atomic E-state index is 13.8. The average molecular weight is 571 g/mol. The Kier molecular flexibility index (Phi) is 9.85. The van der Waals surface area contributed by atoms with Crippen LogP contribution in [0.2, 0.25) is 5.02 Å². The Balaban J connectivity index is 1.59. The molecule has 1 heterocycles. The number of benzene rings is 2. The molecule has 0 aliphatic heterocycles. The van der Waals surface area contributed by atoms with Gasteiger partial charge in [-0.05, 0) is 66.8 Å². The van der Waals surface area contributed by atoms with Crippen LogP contribution in [0.25, 0.3) is 11.0 Å². The highest BCUT2D eigenvalue weighted by molar-refractivity contribution is 6.31. The van der Waals surface area contributed by atoms with E-state index in [1.54, 1.807) is 7.11 Å². The Hall–Kier alpha value is -2.97. The first-order valence-corrected chi connectivity index (χ1v) is 14.4. The van der Waals surface area contributed by atoms with E-state index >= 15 is 0 Å². The van der Waals surface area contributed by atoms with Crippen LogP contribution in [0.15, 0.2) is 42.5 Å². The molecule has 1 aromatic heterocycles. The van der Waals surface area contributed by atoms with Crippen LogP contribution >= 0.6 is 11.6 Å². The van der Waals surface area contributed by atoms with Gasteiger partial charge in [0.15, 0.2) is 0 Å². The summed E-state index contributed by atoms with van der Waals surface area (Å²) in [5, 5.41) is 6.32. The second-order valence-electron chi connectivity index (χ2n) is 11.4. The highest BCUT2D eigenvalue weighted by Gasteiger charge is 2.41. The summed E-state index contributed by atoms with van der Waals surface area (Å²) >= 11 is 6.53. The van der Waals surface area contributed by atoms with Crippen molar-refractivity contribution in [2.75, 3.05) is 26.9 Å². The van der Waals surface area contributed by atoms with Crippen molar-refractivity contribution in [1.82, 2.24) is 20.6 Å². The second-order valence-corrected chi connectivity index (χ2v) is 11.8. The van der Waals surface area contributed by atoms with Crippen molar-refractivity contribution in [3.63, 3.8) is 0 Å².